The molecule has 4 heteroatoms. The van der Waals surface area contributed by atoms with Crippen molar-refractivity contribution in [3.05, 3.63) is 48.8 Å². The molecule has 0 aliphatic heterocycles. The minimum absolute atomic E-state index is 0.556. The highest BCUT2D eigenvalue weighted by Crippen LogP contribution is 2.24. The fourth-order valence-electron chi connectivity index (χ4n) is 1.77. The van der Waals surface area contributed by atoms with Gasteiger partial charge in [-0.15, -0.1) is 0 Å². The third kappa shape index (κ3) is 1.63. The van der Waals surface area contributed by atoms with E-state index in [-0.39, 0.29) is 0 Å². The van der Waals surface area contributed by atoms with E-state index in [0.29, 0.717) is 5.88 Å². The number of hydrogen-bond acceptors (Lipinski definition) is 3. The lowest BCUT2D eigenvalue weighted by molar-refractivity contribution is 0.396. The monoisotopic (exact) mass is 224 g/mol. The number of rotatable bonds is 2. The van der Waals surface area contributed by atoms with Gasteiger partial charge in [0.25, 0.3) is 0 Å². The third-order valence-corrected chi connectivity index (χ3v) is 2.57. The fourth-order valence-corrected chi connectivity index (χ4v) is 1.77. The zero-order valence-electron chi connectivity index (χ0n) is 9.29. The second kappa shape index (κ2) is 3.90. The highest BCUT2D eigenvalue weighted by Gasteiger charge is 2.09. The van der Waals surface area contributed by atoms with Crippen molar-refractivity contribution in [3.63, 3.8) is 0 Å². The summed E-state index contributed by atoms with van der Waals surface area (Å²) in [6.07, 6.45) is 4.57. The molecule has 0 unspecified atom stereocenters. The minimum atomic E-state index is 0.556. The molecule has 0 aliphatic rings. The number of nitrogens with zero attached hydrogens (tertiary/aromatic N) is 3. The van der Waals surface area contributed by atoms with Gasteiger partial charge in [-0.25, -0.2) is 9.67 Å². The molecule has 0 bridgehead atoms. The van der Waals surface area contributed by atoms with Crippen LogP contribution in [-0.4, -0.2) is 21.9 Å². The van der Waals surface area contributed by atoms with Crippen molar-refractivity contribution in [1.82, 2.24) is 14.8 Å². The second-order valence-corrected chi connectivity index (χ2v) is 3.60. The first-order chi connectivity index (χ1) is 8.38. The summed E-state index contributed by atoms with van der Waals surface area (Å²) in [6, 6.07) is 11.7. The molecule has 1 radical (unpaired) electrons. The molecule has 1 aromatic carbocycles. The average Bonchev–Trinajstić information content (AvgIpc) is 2.91. The molecular formula is C13H10N3O. The third-order valence-electron chi connectivity index (χ3n) is 2.57. The Labute approximate surface area is 98.5 Å². The van der Waals surface area contributed by atoms with Gasteiger partial charge in [-0.3, -0.25) is 0 Å². The summed E-state index contributed by atoms with van der Waals surface area (Å²) in [6.45, 7) is 0. The van der Waals surface area contributed by atoms with Crippen LogP contribution in [0.3, 0.4) is 0 Å². The van der Waals surface area contributed by atoms with E-state index in [9.17, 15) is 0 Å². The number of methoxy groups -OCH3 is 1. The molecule has 2 aromatic heterocycles. The van der Waals surface area contributed by atoms with Crippen LogP contribution in [-0.2, 0) is 0 Å². The van der Waals surface area contributed by atoms with E-state index in [1.807, 2.05) is 36.5 Å². The molecule has 4 nitrogen and oxygen atoms in total. The maximum atomic E-state index is 5.29. The Kier molecular flexibility index (Phi) is 2.26. The lowest BCUT2D eigenvalue weighted by Crippen LogP contribution is -2.00. The maximum Gasteiger partial charge on any atom is 0.240 e. The Morgan fingerprint density at radius 3 is 2.94 bits per heavy atom. The van der Waals surface area contributed by atoms with Gasteiger partial charge in [-0.1, -0.05) is 18.2 Å². The van der Waals surface area contributed by atoms with E-state index in [1.165, 1.54) is 0 Å². The molecule has 3 aromatic rings. The van der Waals surface area contributed by atoms with E-state index in [1.54, 1.807) is 17.9 Å². The summed E-state index contributed by atoms with van der Waals surface area (Å²) in [5, 5.41) is 5.13. The number of fused-ring (bicyclic) bond motifs is 1. The molecule has 2 heterocycles. The van der Waals surface area contributed by atoms with Crippen LogP contribution >= 0.6 is 0 Å². The van der Waals surface area contributed by atoms with Gasteiger partial charge in [0.05, 0.1) is 12.6 Å². The van der Waals surface area contributed by atoms with Crippen molar-refractivity contribution in [2.75, 3.05) is 7.11 Å². The van der Waals surface area contributed by atoms with Gasteiger partial charge >= 0.3 is 0 Å². The molecule has 0 N–H and O–H groups in total. The lowest BCUT2D eigenvalue weighted by Gasteiger charge is -2.08. The van der Waals surface area contributed by atoms with Gasteiger partial charge in [0.15, 0.2) is 0 Å². The zero-order chi connectivity index (χ0) is 11.7. The zero-order valence-corrected chi connectivity index (χ0v) is 9.29. The number of pyridine rings is 1. The Balaban J connectivity index is 2.29. The van der Waals surface area contributed by atoms with Crippen molar-refractivity contribution < 1.29 is 4.74 Å². The van der Waals surface area contributed by atoms with Gasteiger partial charge in [0, 0.05) is 11.6 Å². The van der Waals surface area contributed by atoms with Crippen molar-refractivity contribution in [2.45, 2.75) is 0 Å². The quantitative estimate of drug-likeness (QED) is 0.670. The first kappa shape index (κ1) is 9.84. The Morgan fingerprint density at radius 1 is 1.29 bits per heavy atom. The summed E-state index contributed by atoms with van der Waals surface area (Å²) in [5.74, 6) is 0.556. The molecule has 0 saturated heterocycles. The number of ether oxygens (including phenoxy) is 1. The molecule has 0 fully saturated rings. The van der Waals surface area contributed by atoms with Crippen molar-refractivity contribution in [2.24, 2.45) is 0 Å². The Hall–Kier alpha value is -2.36. The summed E-state index contributed by atoms with van der Waals surface area (Å²) in [5.41, 5.74) is 1.72. The molecule has 0 aliphatic carbocycles. The summed E-state index contributed by atoms with van der Waals surface area (Å²) in [4.78, 5) is 4.45. The molecule has 0 amide bonds. The molecule has 17 heavy (non-hydrogen) atoms. The number of benzene rings is 1. The maximum absolute atomic E-state index is 5.29. The van der Waals surface area contributed by atoms with Crippen LogP contribution in [0.4, 0.5) is 0 Å². The van der Waals surface area contributed by atoms with Gasteiger partial charge in [-0.2, -0.15) is 5.10 Å². The van der Waals surface area contributed by atoms with Crippen LogP contribution < -0.4 is 4.74 Å². The highest BCUT2D eigenvalue weighted by molar-refractivity contribution is 5.81. The van der Waals surface area contributed by atoms with E-state index < -0.39 is 0 Å². The first-order valence-electron chi connectivity index (χ1n) is 5.24. The second-order valence-electron chi connectivity index (χ2n) is 3.60. The van der Waals surface area contributed by atoms with E-state index >= 15 is 0 Å². The molecule has 0 atom stereocenters. The average molecular weight is 224 g/mol. The number of hydrogen-bond donors (Lipinski definition) is 0. The normalized spacial score (nSPS) is 10.6. The van der Waals surface area contributed by atoms with Gasteiger partial charge in [-0.05, 0) is 18.2 Å². The van der Waals surface area contributed by atoms with Crippen molar-refractivity contribution >= 4 is 10.9 Å². The van der Waals surface area contributed by atoms with Crippen molar-refractivity contribution in [3.8, 4) is 11.6 Å². The van der Waals surface area contributed by atoms with Gasteiger partial charge < -0.3 is 4.74 Å². The highest BCUT2D eigenvalue weighted by atomic mass is 16.5. The number of para-hydroxylation sites is 1. The molecule has 83 valence electrons. The first-order valence-corrected chi connectivity index (χ1v) is 5.24. The lowest BCUT2D eigenvalue weighted by atomic mass is 10.2. The summed E-state index contributed by atoms with van der Waals surface area (Å²) < 4.78 is 6.98. The largest absolute Gasteiger partial charge is 0.479 e. The smallest absolute Gasteiger partial charge is 0.240 e. The number of aromatic nitrogens is 3. The topological polar surface area (TPSA) is 39.9 Å². The molecule has 3 rings (SSSR count). The summed E-state index contributed by atoms with van der Waals surface area (Å²) >= 11 is 0. The van der Waals surface area contributed by atoms with E-state index in [4.69, 9.17) is 4.74 Å². The van der Waals surface area contributed by atoms with Crippen LogP contribution in [0.1, 0.15) is 0 Å². The minimum Gasteiger partial charge on any atom is -0.479 e. The van der Waals surface area contributed by atoms with Crippen LogP contribution in [0.25, 0.3) is 16.6 Å². The van der Waals surface area contributed by atoms with Crippen LogP contribution in [0.5, 0.6) is 5.88 Å². The predicted octanol–water partition coefficient (Wildman–Crippen LogP) is 2.23. The predicted molar refractivity (Wildman–Crippen MR) is 64.3 cm³/mol. The van der Waals surface area contributed by atoms with Crippen molar-refractivity contribution in [1.29, 1.82) is 0 Å². The Morgan fingerprint density at radius 2 is 2.18 bits per heavy atom. The molecule has 0 saturated carbocycles. The van der Waals surface area contributed by atoms with Gasteiger partial charge in [0.2, 0.25) is 5.88 Å². The van der Waals surface area contributed by atoms with Crippen LogP contribution in [0, 0.1) is 6.20 Å². The Bertz CT molecular complexity index is 647. The standard InChI is InChI=1S/C13H10N3O/c1-17-13-12(16-8-4-7-14-16)9-10-5-2-3-6-11(10)15-13/h2-6,8-9H,1H3. The molecular weight excluding hydrogens is 214 g/mol. The van der Waals surface area contributed by atoms with Crippen LogP contribution in [0.15, 0.2) is 42.6 Å². The van der Waals surface area contributed by atoms with Gasteiger partial charge in [0.1, 0.15) is 11.9 Å². The van der Waals surface area contributed by atoms with Crippen LogP contribution in [0.2, 0.25) is 0 Å². The SMILES string of the molecule is COc1nc2ccccc2cc1-n1cc[c]n1. The van der Waals surface area contributed by atoms with E-state index in [2.05, 4.69) is 16.3 Å². The summed E-state index contributed by atoms with van der Waals surface area (Å²) in [7, 11) is 1.60. The fraction of sp³-hybridized carbons (Fsp3) is 0.0769. The molecule has 0 spiro atoms. The van der Waals surface area contributed by atoms with E-state index in [0.717, 1.165) is 16.6 Å².